The van der Waals surface area contributed by atoms with Crippen LogP contribution in [0.1, 0.15) is 0 Å². The van der Waals surface area contributed by atoms with Gasteiger partial charge in [0.15, 0.2) is 0 Å². The Kier molecular flexibility index (Phi) is 2.82. The lowest BCUT2D eigenvalue weighted by atomic mass is 10.3. The van der Waals surface area contributed by atoms with Gasteiger partial charge in [-0.3, -0.25) is 0 Å². The fraction of sp³-hybridized carbons (Fsp3) is 0. The predicted molar refractivity (Wildman–Crippen MR) is 60.7 cm³/mol. The number of nitrogen functional groups attached to an aromatic ring is 1. The molecule has 0 aliphatic carbocycles. The number of benzene rings is 1. The van der Waals surface area contributed by atoms with E-state index < -0.39 is 0 Å². The molecule has 1 heterocycles. The van der Waals surface area contributed by atoms with Crippen LogP contribution >= 0.6 is 15.9 Å². The van der Waals surface area contributed by atoms with Gasteiger partial charge in [0.25, 0.3) is 0 Å². The van der Waals surface area contributed by atoms with Crippen molar-refractivity contribution in [2.24, 2.45) is 0 Å². The number of ether oxygens (including phenoxy) is 1. The van der Waals surface area contributed by atoms with Crippen LogP contribution in [-0.2, 0) is 0 Å². The van der Waals surface area contributed by atoms with Gasteiger partial charge >= 0.3 is 0 Å². The molecule has 15 heavy (non-hydrogen) atoms. The van der Waals surface area contributed by atoms with Gasteiger partial charge in [-0.2, -0.15) is 0 Å². The highest BCUT2D eigenvalue weighted by atomic mass is 79.9. The number of hydrogen-bond acceptors (Lipinski definition) is 4. The van der Waals surface area contributed by atoms with Gasteiger partial charge in [0.1, 0.15) is 12.1 Å². The molecule has 0 radical (unpaired) electrons. The second-order valence-corrected chi connectivity index (χ2v) is 3.60. The number of halogens is 1. The molecule has 5 heteroatoms. The number of rotatable bonds is 2. The van der Waals surface area contributed by atoms with Gasteiger partial charge in [-0.15, -0.1) is 0 Å². The third kappa shape index (κ3) is 2.24. The fourth-order valence-electron chi connectivity index (χ4n) is 1.06. The Morgan fingerprint density at radius 1 is 1.27 bits per heavy atom. The zero-order chi connectivity index (χ0) is 10.7. The molecule has 0 fully saturated rings. The molecular weight excluding hydrogens is 258 g/mol. The van der Waals surface area contributed by atoms with Crippen molar-refractivity contribution in [1.82, 2.24) is 9.97 Å². The lowest BCUT2D eigenvalue weighted by Crippen LogP contribution is -1.92. The minimum absolute atomic E-state index is 0.483. The summed E-state index contributed by atoms with van der Waals surface area (Å²) in [6.07, 6.45) is 3.04. The summed E-state index contributed by atoms with van der Waals surface area (Å²) in [5.74, 6) is 1.12. The van der Waals surface area contributed by atoms with Crippen LogP contribution < -0.4 is 10.5 Å². The first-order valence-corrected chi connectivity index (χ1v) is 5.04. The summed E-state index contributed by atoms with van der Waals surface area (Å²) in [4.78, 5) is 7.75. The van der Waals surface area contributed by atoms with Crippen molar-refractivity contribution in [3.05, 3.63) is 41.3 Å². The molecule has 0 saturated heterocycles. The molecule has 1 aromatic carbocycles. The highest BCUT2D eigenvalue weighted by Gasteiger charge is 2.05. The minimum atomic E-state index is 0.483. The molecule has 1 aromatic heterocycles. The largest absolute Gasteiger partial charge is 0.438 e. The molecule has 0 unspecified atom stereocenters. The lowest BCUT2D eigenvalue weighted by molar-refractivity contribution is 0.459. The number of hydrogen-bond donors (Lipinski definition) is 1. The van der Waals surface area contributed by atoms with E-state index in [-0.39, 0.29) is 0 Å². The zero-order valence-corrected chi connectivity index (χ0v) is 9.31. The van der Waals surface area contributed by atoms with Gasteiger partial charge in [0.05, 0.1) is 4.47 Å². The van der Waals surface area contributed by atoms with Crippen molar-refractivity contribution in [2.75, 3.05) is 5.73 Å². The summed E-state index contributed by atoms with van der Waals surface area (Å²) in [5, 5.41) is 0. The van der Waals surface area contributed by atoms with E-state index in [4.69, 9.17) is 10.5 Å². The lowest BCUT2D eigenvalue weighted by Gasteiger charge is -2.07. The molecule has 0 aliphatic heterocycles. The molecule has 0 amide bonds. The van der Waals surface area contributed by atoms with Gasteiger partial charge < -0.3 is 10.5 Å². The van der Waals surface area contributed by atoms with Crippen LogP contribution in [0.2, 0.25) is 0 Å². The second kappa shape index (κ2) is 4.27. The summed E-state index contributed by atoms with van der Waals surface area (Å²) in [6, 6.07) is 7.09. The van der Waals surface area contributed by atoms with Crippen LogP contribution in [0, 0.1) is 0 Å². The third-order valence-corrected chi connectivity index (χ3v) is 2.61. The molecule has 0 saturated carbocycles. The maximum atomic E-state index is 5.71. The monoisotopic (exact) mass is 265 g/mol. The van der Waals surface area contributed by atoms with Crippen LogP contribution in [0.3, 0.4) is 0 Å². The molecule has 2 aromatic rings. The standard InChI is InChI=1S/C10H8BrN3O/c11-10-7(12)2-1-3-8(10)15-9-4-5-13-6-14-9/h1-6H,12H2. The Hall–Kier alpha value is -1.62. The quantitative estimate of drug-likeness (QED) is 0.849. The minimum Gasteiger partial charge on any atom is -0.438 e. The van der Waals surface area contributed by atoms with Crippen molar-refractivity contribution in [1.29, 1.82) is 0 Å². The molecule has 4 nitrogen and oxygen atoms in total. The van der Waals surface area contributed by atoms with E-state index in [1.54, 1.807) is 18.3 Å². The molecule has 0 bridgehead atoms. The molecule has 0 atom stereocenters. The van der Waals surface area contributed by atoms with E-state index in [0.717, 1.165) is 4.47 Å². The Bertz CT molecular complexity index is 461. The SMILES string of the molecule is Nc1cccc(Oc2ccncn2)c1Br. The Balaban J connectivity index is 2.29. The maximum absolute atomic E-state index is 5.71. The highest BCUT2D eigenvalue weighted by molar-refractivity contribution is 9.10. The number of anilines is 1. The van der Waals surface area contributed by atoms with Crippen molar-refractivity contribution < 1.29 is 4.74 Å². The Labute approximate surface area is 95.2 Å². The number of nitrogens with zero attached hydrogens (tertiary/aromatic N) is 2. The first-order valence-electron chi connectivity index (χ1n) is 4.25. The normalized spacial score (nSPS) is 9.93. The zero-order valence-electron chi connectivity index (χ0n) is 7.72. The molecule has 76 valence electrons. The maximum Gasteiger partial charge on any atom is 0.222 e. The van der Waals surface area contributed by atoms with Crippen LogP contribution in [0.25, 0.3) is 0 Å². The fourth-order valence-corrected chi connectivity index (χ4v) is 1.40. The second-order valence-electron chi connectivity index (χ2n) is 2.81. The van der Waals surface area contributed by atoms with E-state index in [1.165, 1.54) is 6.33 Å². The number of aromatic nitrogens is 2. The summed E-state index contributed by atoms with van der Waals surface area (Å²) in [7, 11) is 0. The van der Waals surface area contributed by atoms with Gasteiger partial charge in [-0.25, -0.2) is 9.97 Å². The van der Waals surface area contributed by atoms with Crippen molar-refractivity contribution in [2.45, 2.75) is 0 Å². The summed E-state index contributed by atoms with van der Waals surface area (Å²) in [6.45, 7) is 0. The Morgan fingerprint density at radius 2 is 2.13 bits per heavy atom. The summed E-state index contributed by atoms with van der Waals surface area (Å²) < 4.78 is 6.24. The Morgan fingerprint density at radius 3 is 2.87 bits per heavy atom. The summed E-state index contributed by atoms with van der Waals surface area (Å²) in [5.41, 5.74) is 6.34. The van der Waals surface area contributed by atoms with Gasteiger partial charge in [0, 0.05) is 18.0 Å². The molecule has 2 N–H and O–H groups in total. The highest BCUT2D eigenvalue weighted by Crippen LogP contribution is 2.32. The van der Waals surface area contributed by atoms with E-state index in [0.29, 0.717) is 17.3 Å². The van der Waals surface area contributed by atoms with Gasteiger partial charge in [0.2, 0.25) is 5.88 Å². The smallest absolute Gasteiger partial charge is 0.222 e. The first kappa shape index (κ1) is 9.92. The van der Waals surface area contributed by atoms with Gasteiger partial charge in [-0.05, 0) is 28.1 Å². The van der Waals surface area contributed by atoms with Crippen molar-refractivity contribution in [3.63, 3.8) is 0 Å². The molecular formula is C10H8BrN3O. The average Bonchev–Trinajstić information content (AvgIpc) is 2.26. The van der Waals surface area contributed by atoms with Gasteiger partial charge in [-0.1, -0.05) is 6.07 Å². The molecule has 0 aliphatic rings. The third-order valence-electron chi connectivity index (χ3n) is 1.76. The van der Waals surface area contributed by atoms with Crippen LogP contribution in [-0.4, -0.2) is 9.97 Å². The van der Waals surface area contributed by atoms with Crippen LogP contribution in [0.4, 0.5) is 5.69 Å². The topological polar surface area (TPSA) is 61.0 Å². The van der Waals surface area contributed by atoms with Crippen molar-refractivity contribution >= 4 is 21.6 Å². The summed E-state index contributed by atoms with van der Waals surface area (Å²) >= 11 is 3.34. The average molecular weight is 266 g/mol. The predicted octanol–water partition coefficient (Wildman–Crippen LogP) is 2.61. The van der Waals surface area contributed by atoms with E-state index in [9.17, 15) is 0 Å². The van der Waals surface area contributed by atoms with E-state index >= 15 is 0 Å². The molecule has 2 rings (SSSR count). The van der Waals surface area contributed by atoms with Crippen LogP contribution in [0.5, 0.6) is 11.6 Å². The molecule has 0 spiro atoms. The van der Waals surface area contributed by atoms with Crippen LogP contribution in [0.15, 0.2) is 41.3 Å². The number of nitrogens with two attached hydrogens (primary N) is 1. The first-order chi connectivity index (χ1) is 7.27. The van der Waals surface area contributed by atoms with E-state index in [2.05, 4.69) is 25.9 Å². The van der Waals surface area contributed by atoms with Crippen molar-refractivity contribution in [3.8, 4) is 11.6 Å². The van der Waals surface area contributed by atoms with E-state index in [1.807, 2.05) is 12.1 Å².